The van der Waals surface area contributed by atoms with Crippen LogP contribution >= 0.6 is 0 Å². The molecule has 1 N–H and O–H groups in total. The fourth-order valence-corrected chi connectivity index (χ4v) is 1.36. The third-order valence-electron chi connectivity index (χ3n) is 2.55. The molecule has 1 heterocycles. The predicted octanol–water partition coefficient (Wildman–Crippen LogP) is 0.972. The number of carboxylic acid groups (broad SMARTS) is 1. The molecule has 0 aliphatic carbocycles. The number of hydrogen-bond acceptors (Lipinski definition) is 6. The first kappa shape index (κ1) is 15.1. The van der Waals surface area contributed by atoms with Crippen molar-refractivity contribution < 1.29 is 9.90 Å². The lowest BCUT2D eigenvalue weighted by Gasteiger charge is -2.20. The van der Waals surface area contributed by atoms with Crippen LogP contribution in [0.15, 0.2) is 0 Å². The highest BCUT2D eigenvalue weighted by Gasteiger charge is 2.14. The molecule has 19 heavy (non-hydrogen) atoms. The van der Waals surface area contributed by atoms with E-state index in [1.807, 2.05) is 32.8 Å². The summed E-state index contributed by atoms with van der Waals surface area (Å²) in [6, 6.07) is 0. The highest BCUT2D eigenvalue weighted by molar-refractivity contribution is 5.67. The lowest BCUT2D eigenvalue weighted by atomic mass is 10.2. The number of carbonyl (C=O) groups is 1. The summed E-state index contributed by atoms with van der Waals surface area (Å²) in [4.78, 5) is 27.2. The number of anilines is 2. The molecule has 0 saturated carbocycles. The molecule has 0 amide bonds. The fourth-order valence-electron chi connectivity index (χ4n) is 1.36. The van der Waals surface area contributed by atoms with Crippen LogP contribution in [0.2, 0.25) is 0 Å². The standard InChI is InChI=1S/C12H21N5O2/c1-8(2)10-13-11(16(3)4)15-12(14-10)17(5)7-6-9(18)19/h8H,6-7H2,1-5H3,(H,18,19). The molecule has 106 valence electrons. The van der Waals surface area contributed by atoms with E-state index in [1.54, 1.807) is 11.9 Å². The van der Waals surface area contributed by atoms with Gasteiger partial charge < -0.3 is 14.9 Å². The molecule has 1 aromatic rings. The van der Waals surface area contributed by atoms with E-state index < -0.39 is 5.97 Å². The molecule has 0 bridgehead atoms. The average molecular weight is 267 g/mol. The van der Waals surface area contributed by atoms with E-state index in [4.69, 9.17) is 5.11 Å². The molecule has 0 fully saturated rings. The number of hydrogen-bond donors (Lipinski definition) is 1. The monoisotopic (exact) mass is 267 g/mol. The van der Waals surface area contributed by atoms with Crippen LogP contribution in [0.3, 0.4) is 0 Å². The number of rotatable bonds is 6. The van der Waals surface area contributed by atoms with Gasteiger partial charge in [0, 0.05) is 33.6 Å². The summed E-state index contributed by atoms with van der Waals surface area (Å²) >= 11 is 0. The normalized spacial score (nSPS) is 10.6. The van der Waals surface area contributed by atoms with Crippen molar-refractivity contribution in [3.63, 3.8) is 0 Å². The smallest absolute Gasteiger partial charge is 0.305 e. The highest BCUT2D eigenvalue weighted by Crippen LogP contribution is 2.16. The molecule has 7 nitrogen and oxygen atoms in total. The molecule has 0 radical (unpaired) electrons. The van der Waals surface area contributed by atoms with Gasteiger partial charge in [-0.1, -0.05) is 13.8 Å². The van der Waals surface area contributed by atoms with Crippen molar-refractivity contribution in [2.45, 2.75) is 26.2 Å². The van der Waals surface area contributed by atoms with Crippen molar-refractivity contribution in [2.75, 3.05) is 37.5 Å². The van der Waals surface area contributed by atoms with Crippen molar-refractivity contribution in [3.8, 4) is 0 Å². The summed E-state index contributed by atoms with van der Waals surface area (Å²) in [5.41, 5.74) is 0. The summed E-state index contributed by atoms with van der Waals surface area (Å²) in [7, 11) is 5.50. The molecular formula is C12H21N5O2. The van der Waals surface area contributed by atoms with Crippen LogP contribution in [-0.4, -0.2) is 53.7 Å². The molecule has 0 atom stereocenters. The van der Waals surface area contributed by atoms with Gasteiger partial charge in [-0.25, -0.2) is 0 Å². The Bertz CT molecular complexity index is 421. The van der Waals surface area contributed by atoms with E-state index in [2.05, 4.69) is 15.0 Å². The first-order valence-corrected chi connectivity index (χ1v) is 6.17. The minimum Gasteiger partial charge on any atom is -0.481 e. The minimum absolute atomic E-state index is 0.0521. The second kappa shape index (κ2) is 6.31. The quantitative estimate of drug-likeness (QED) is 0.822. The molecule has 0 unspecified atom stereocenters. The fraction of sp³-hybridized carbons (Fsp3) is 0.667. The molecule has 0 aliphatic heterocycles. The third-order valence-corrected chi connectivity index (χ3v) is 2.55. The van der Waals surface area contributed by atoms with E-state index in [-0.39, 0.29) is 12.3 Å². The van der Waals surface area contributed by atoms with Crippen LogP contribution in [0.1, 0.15) is 32.0 Å². The van der Waals surface area contributed by atoms with Crippen LogP contribution in [0.4, 0.5) is 11.9 Å². The van der Waals surface area contributed by atoms with Crippen LogP contribution in [0.25, 0.3) is 0 Å². The van der Waals surface area contributed by atoms with Crippen LogP contribution in [-0.2, 0) is 4.79 Å². The largest absolute Gasteiger partial charge is 0.481 e. The average Bonchev–Trinajstić information content (AvgIpc) is 2.35. The van der Waals surface area contributed by atoms with Crippen molar-refractivity contribution >= 4 is 17.9 Å². The topological polar surface area (TPSA) is 82.5 Å². The lowest BCUT2D eigenvalue weighted by molar-refractivity contribution is -0.136. The van der Waals surface area contributed by atoms with E-state index >= 15 is 0 Å². The molecule has 1 aromatic heterocycles. The van der Waals surface area contributed by atoms with Crippen molar-refractivity contribution in [3.05, 3.63) is 5.82 Å². The molecule has 0 aromatic carbocycles. The first-order chi connectivity index (χ1) is 8.81. The van der Waals surface area contributed by atoms with Gasteiger partial charge in [0.25, 0.3) is 0 Å². The van der Waals surface area contributed by atoms with E-state index in [0.717, 1.165) is 0 Å². The van der Waals surface area contributed by atoms with Gasteiger partial charge in [-0.15, -0.1) is 0 Å². The lowest BCUT2D eigenvalue weighted by Crippen LogP contribution is -2.25. The Kier molecular flexibility index (Phi) is 5.02. The van der Waals surface area contributed by atoms with Gasteiger partial charge in [-0.2, -0.15) is 15.0 Å². The maximum atomic E-state index is 10.6. The Morgan fingerprint density at radius 2 is 1.74 bits per heavy atom. The van der Waals surface area contributed by atoms with Crippen LogP contribution < -0.4 is 9.80 Å². The zero-order valence-electron chi connectivity index (χ0n) is 12.1. The van der Waals surface area contributed by atoms with E-state index in [9.17, 15) is 4.79 Å². The SMILES string of the molecule is CC(C)c1nc(N(C)C)nc(N(C)CCC(=O)O)n1. The number of carboxylic acids is 1. The maximum absolute atomic E-state index is 10.6. The zero-order chi connectivity index (χ0) is 14.6. The summed E-state index contributed by atoms with van der Waals surface area (Å²) in [6.07, 6.45) is 0.0521. The Morgan fingerprint density at radius 3 is 2.21 bits per heavy atom. The van der Waals surface area contributed by atoms with E-state index in [1.165, 1.54) is 0 Å². The second-order valence-electron chi connectivity index (χ2n) is 4.91. The Hall–Kier alpha value is -1.92. The Morgan fingerprint density at radius 1 is 1.16 bits per heavy atom. The van der Waals surface area contributed by atoms with Gasteiger partial charge >= 0.3 is 5.97 Å². The molecule has 0 aliphatic rings. The third kappa shape index (κ3) is 4.35. The first-order valence-electron chi connectivity index (χ1n) is 6.17. The number of aromatic nitrogens is 3. The second-order valence-corrected chi connectivity index (χ2v) is 4.91. The highest BCUT2D eigenvalue weighted by atomic mass is 16.4. The summed E-state index contributed by atoms with van der Waals surface area (Å²) in [5.74, 6) is 1.14. The molecular weight excluding hydrogens is 246 g/mol. The molecule has 7 heteroatoms. The Labute approximate surface area is 113 Å². The summed E-state index contributed by atoms with van der Waals surface area (Å²) in [5, 5.41) is 8.71. The minimum atomic E-state index is -0.835. The number of aliphatic carboxylic acids is 1. The number of nitrogens with zero attached hydrogens (tertiary/aromatic N) is 5. The van der Waals surface area contributed by atoms with Crippen LogP contribution in [0, 0.1) is 0 Å². The Balaban J connectivity index is 3.01. The molecule has 0 spiro atoms. The van der Waals surface area contributed by atoms with Gasteiger partial charge in [-0.3, -0.25) is 4.79 Å². The van der Waals surface area contributed by atoms with Crippen molar-refractivity contribution in [2.24, 2.45) is 0 Å². The van der Waals surface area contributed by atoms with Gasteiger partial charge in [0.15, 0.2) is 0 Å². The van der Waals surface area contributed by atoms with Crippen molar-refractivity contribution in [1.82, 2.24) is 15.0 Å². The maximum Gasteiger partial charge on any atom is 0.305 e. The van der Waals surface area contributed by atoms with Gasteiger partial charge in [0.1, 0.15) is 5.82 Å². The van der Waals surface area contributed by atoms with Gasteiger partial charge in [-0.05, 0) is 0 Å². The van der Waals surface area contributed by atoms with Gasteiger partial charge in [0.2, 0.25) is 11.9 Å². The summed E-state index contributed by atoms with van der Waals surface area (Å²) in [6.45, 7) is 4.38. The van der Waals surface area contributed by atoms with Crippen molar-refractivity contribution in [1.29, 1.82) is 0 Å². The summed E-state index contributed by atoms with van der Waals surface area (Å²) < 4.78 is 0. The van der Waals surface area contributed by atoms with Gasteiger partial charge in [0.05, 0.1) is 6.42 Å². The molecule has 1 rings (SSSR count). The zero-order valence-corrected chi connectivity index (χ0v) is 12.1. The van der Waals surface area contributed by atoms with E-state index in [0.29, 0.717) is 24.3 Å². The van der Waals surface area contributed by atoms with Crippen LogP contribution in [0.5, 0.6) is 0 Å². The predicted molar refractivity (Wildman–Crippen MR) is 73.8 cm³/mol. The molecule has 0 saturated heterocycles.